The summed E-state index contributed by atoms with van der Waals surface area (Å²) in [4.78, 5) is 53.1. The number of amides is 3. The summed E-state index contributed by atoms with van der Waals surface area (Å²) in [6, 6.07) is 13.0. The smallest absolute Gasteiger partial charge is 0.262 e. The minimum Gasteiger partial charge on any atom is -0.491 e. The lowest BCUT2D eigenvalue weighted by atomic mass is 10.1. The van der Waals surface area contributed by atoms with E-state index in [9.17, 15) is 22.8 Å². The van der Waals surface area contributed by atoms with Crippen molar-refractivity contribution in [3.05, 3.63) is 60.7 Å². The fourth-order valence-corrected chi connectivity index (χ4v) is 8.99. The number of carbonyl (C=O) groups excluding carboxylic acids is 3. The van der Waals surface area contributed by atoms with Gasteiger partial charge in [0.1, 0.15) is 34.5 Å². The predicted octanol–water partition coefficient (Wildman–Crippen LogP) is 4.51. The fourth-order valence-electron chi connectivity index (χ4n) is 7.63. The third-order valence-corrected chi connectivity index (χ3v) is 12.7. The highest BCUT2D eigenvalue weighted by atomic mass is 32.2. The molecule has 4 heterocycles. The minimum atomic E-state index is -3.87. The predicted molar refractivity (Wildman–Crippen MR) is 204 cm³/mol. The maximum Gasteiger partial charge on any atom is 0.262 e. The Morgan fingerprint density at radius 1 is 1.05 bits per heavy atom. The number of ether oxygens (including phenoxy) is 2. The van der Waals surface area contributed by atoms with Crippen molar-refractivity contribution in [2.75, 3.05) is 6.54 Å². The van der Waals surface area contributed by atoms with Crippen molar-refractivity contribution in [2.24, 2.45) is 11.7 Å². The van der Waals surface area contributed by atoms with Crippen LogP contribution in [-0.2, 0) is 24.4 Å². The summed E-state index contributed by atoms with van der Waals surface area (Å²) in [6.45, 7) is 3.93. The van der Waals surface area contributed by atoms with Crippen LogP contribution in [0.2, 0.25) is 0 Å². The number of nitrogens with one attached hydrogen (secondary N) is 2. The number of hydrogen-bond donors (Lipinski definition) is 3. The second-order valence-corrected chi connectivity index (χ2v) is 17.4. The number of aromatic nitrogens is 2. The fraction of sp³-hybridized carbons (Fsp3) is 0.475. The van der Waals surface area contributed by atoms with Gasteiger partial charge in [-0.05, 0) is 88.8 Å². The van der Waals surface area contributed by atoms with Gasteiger partial charge in [-0.2, -0.15) is 4.98 Å². The van der Waals surface area contributed by atoms with E-state index in [2.05, 4.69) is 10.0 Å². The van der Waals surface area contributed by atoms with Crippen molar-refractivity contribution < 1.29 is 36.7 Å². The van der Waals surface area contributed by atoms with E-state index >= 15 is 0 Å². The quantitative estimate of drug-likeness (QED) is 0.213. The summed E-state index contributed by atoms with van der Waals surface area (Å²) in [5, 5.41) is 3.05. The van der Waals surface area contributed by atoms with E-state index in [1.165, 1.54) is 4.90 Å². The van der Waals surface area contributed by atoms with Crippen molar-refractivity contribution in [1.82, 2.24) is 24.9 Å². The first kappa shape index (κ1) is 36.9. The van der Waals surface area contributed by atoms with Gasteiger partial charge >= 0.3 is 0 Å². The molecule has 2 aromatic heterocycles. The molecule has 4 aliphatic rings. The first-order valence-electron chi connectivity index (χ1n) is 19.2. The maximum atomic E-state index is 14.3. The van der Waals surface area contributed by atoms with E-state index in [4.69, 9.17) is 29.6 Å². The van der Waals surface area contributed by atoms with Crippen LogP contribution in [-0.4, -0.2) is 82.6 Å². The second kappa shape index (κ2) is 14.6. The van der Waals surface area contributed by atoms with Gasteiger partial charge in [-0.1, -0.05) is 37.1 Å². The SMILES string of the molecule is CC(C)Oc1ccc(-c2nc(O[C@@H]3C[C@H]4C(=O)N[C@]5(C(=O)NS(=O)(=O)C6CC6)C[C@H]5C=CCCCCC[C@H](N)C(=O)N4C3)c3oc4ccccc4c3n2)cc1. The summed E-state index contributed by atoms with van der Waals surface area (Å²) in [5.74, 6) is -0.912. The molecule has 2 saturated carbocycles. The topological polar surface area (TPSA) is 196 Å². The number of nitrogens with two attached hydrogens (primary N) is 1. The first-order valence-corrected chi connectivity index (χ1v) is 20.7. The van der Waals surface area contributed by atoms with Gasteiger partial charge in [-0.3, -0.25) is 19.1 Å². The molecule has 1 saturated heterocycles. The number of furan rings is 1. The Labute approximate surface area is 319 Å². The van der Waals surface area contributed by atoms with Gasteiger partial charge in [0.2, 0.25) is 27.4 Å². The van der Waals surface area contributed by atoms with Gasteiger partial charge in [0.25, 0.3) is 11.8 Å². The Morgan fingerprint density at radius 2 is 1.84 bits per heavy atom. The van der Waals surface area contributed by atoms with Gasteiger partial charge in [0.15, 0.2) is 5.82 Å². The molecule has 0 spiro atoms. The largest absolute Gasteiger partial charge is 0.491 e. The van der Waals surface area contributed by atoms with Gasteiger partial charge in [0.05, 0.1) is 23.9 Å². The molecule has 2 aliphatic heterocycles. The van der Waals surface area contributed by atoms with Crippen LogP contribution in [0.5, 0.6) is 11.6 Å². The molecule has 2 aliphatic carbocycles. The number of nitrogens with zero attached hydrogens (tertiary/aromatic N) is 3. The van der Waals surface area contributed by atoms with Crippen LogP contribution in [0, 0.1) is 5.92 Å². The molecule has 15 heteroatoms. The van der Waals surface area contributed by atoms with Crippen LogP contribution in [0.4, 0.5) is 0 Å². The number of hydrogen-bond acceptors (Lipinski definition) is 11. The number of sulfonamides is 1. The Morgan fingerprint density at radius 3 is 2.60 bits per heavy atom. The lowest BCUT2D eigenvalue weighted by Gasteiger charge is -2.28. The molecule has 8 rings (SSSR count). The van der Waals surface area contributed by atoms with Crippen LogP contribution in [0.3, 0.4) is 0 Å². The highest BCUT2D eigenvalue weighted by Crippen LogP contribution is 2.46. The molecule has 5 atom stereocenters. The molecule has 4 aromatic rings. The summed E-state index contributed by atoms with van der Waals surface area (Å²) in [6.07, 6.45) is 8.06. The summed E-state index contributed by atoms with van der Waals surface area (Å²) in [7, 11) is -3.87. The average Bonchev–Trinajstić information content (AvgIpc) is 4.06. The van der Waals surface area contributed by atoms with Gasteiger partial charge in [0, 0.05) is 23.3 Å². The summed E-state index contributed by atoms with van der Waals surface area (Å²) < 4.78 is 46.5. The van der Waals surface area contributed by atoms with Crippen LogP contribution in [0.1, 0.15) is 71.6 Å². The molecule has 0 unspecified atom stereocenters. The zero-order chi connectivity index (χ0) is 38.5. The number of carbonyl (C=O) groups is 3. The Kier molecular flexibility index (Phi) is 9.78. The maximum absolute atomic E-state index is 14.3. The Hall–Kier alpha value is -5.02. The lowest BCUT2D eigenvalue weighted by molar-refractivity contribution is -0.140. The molecular formula is C40H46N6O8S. The van der Waals surface area contributed by atoms with E-state index in [0.29, 0.717) is 53.1 Å². The van der Waals surface area contributed by atoms with Crippen molar-refractivity contribution >= 4 is 49.8 Å². The third-order valence-electron chi connectivity index (χ3n) is 10.8. The molecule has 0 radical (unpaired) electrons. The van der Waals surface area contributed by atoms with E-state index in [0.717, 1.165) is 31.1 Å². The average molecular weight is 771 g/mol. The standard InChI is InChI=1S/C40H46N6O8S/c1-23(2)52-26-16-14-24(15-17-26)35-42-33-29-11-8-9-13-32(29)54-34(33)37(43-35)53-27-20-31-36(47)44-40(39(49)45-55(50,51)28-18-19-28)21-25(40)10-6-4-3-5-7-12-30(41)38(48)46(31)22-27/h6,8-11,13-17,23,25,27-28,30-31H,3-5,7,12,18-22,41H2,1-2H3,(H,44,47)(H,45,49)/t25-,27-,30+,31+,40-/m1/s1. The van der Waals surface area contributed by atoms with E-state index in [1.807, 2.05) is 74.5 Å². The molecule has 3 amide bonds. The van der Waals surface area contributed by atoms with Crippen LogP contribution >= 0.6 is 0 Å². The molecular weight excluding hydrogens is 725 g/mol. The zero-order valence-corrected chi connectivity index (χ0v) is 31.7. The Balaban J connectivity index is 1.11. The van der Waals surface area contributed by atoms with Crippen molar-refractivity contribution in [3.63, 3.8) is 0 Å². The lowest BCUT2D eigenvalue weighted by Crippen LogP contribution is -2.57. The number of allylic oxidation sites excluding steroid dienone is 1. The summed E-state index contributed by atoms with van der Waals surface area (Å²) >= 11 is 0. The molecule has 55 heavy (non-hydrogen) atoms. The number of benzene rings is 2. The number of rotatable bonds is 8. The molecule has 0 bridgehead atoms. The highest BCUT2D eigenvalue weighted by Gasteiger charge is 2.62. The second-order valence-electron chi connectivity index (χ2n) is 15.4. The highest BCUT2D eigenvalue weighted by molar-refractivity contribution is 7.91. The van der Waals surface area contributed by atoms with E-state index < -0.39 is 62.6 Å². The first-order chi connectivity index (χ1) is 26.4. The van der Waals surface area contributed by atoms with Crippen molar-refractivity contribution in [3.8, 4) is 23.0 Å². The molecule has 4 N–H and O–H groups in total. The van der Waals surface area contributed by atoms with Gasteiger partial charge in [-0.15, -0.1) is 0 Å². The minimum absolute atomic E-state index is 0.00796. The van der Waals surface area contributed by atoms with Crippen LogP contribution < -0.4 is 25.2 Å². The van der Waals surface area contributed by atoms with E-state index in [1.54, 1.807) is 0 Å². The van der Waals surface area contributed by atoms with E-state index in [-0.39, 0.29) is 31.4 Å². The molecule has 290 valence electrons. The monoisotopic (exact) mass is 770 g/mol. The third kappa shape index (κ3) is 7.51. The van der Waals surface area contributed by atoms with Crippen LogP contribution in [0.25, 0.3) is 33.5 Å². The Bertz CT molecular complexity index is 2270. The molecule has 3 fully saturated rings. The zero-order valence-electron chi connectivity index (χ0n) is 30.9. The molecule has 14 nitrogen and oxygen atoms in total. The van der Waals surface area contributed by atoms with Gasteiger partial charge < -0.3 is 29.8 Å². The number of para-hydroxylation sites is 1. The summed E-state index contributed by atoms with van der Waals surface area (Å²) in [5.41, 5.74) is 7.16. The van der Waals surface area contributed by atoms with Gasteiger partial charge in [-0.25, -0.2) is 13.4 Å². The van der Waals surface area contributed by atoms with Crippen molar-refractivity contribution in [2.45, 2.75) is 107 Å². The molecule has 2 aromatic carbocycles. The normalized spacial score (nSPS) is 26.2. The number of fused-ring (bicyclic) bond motifs is 5. The van der Waals surface area contributed by atoms with Crippen LogP contribution in [0.15, 0.2) is 65.1 Å². The van der Waals surface area contributed by atoms with Crippen molar-refractivity contribution in [1.29, 1.82) is 0 Å².